The van der Waals surface area contributed by atoms with Gasteiger partial charge in [0, 0.05) is 12.6 Å². The number of hydrogen-bond acceptors (Lipinski definition) is 1. The molecule has 1 saturated carbocycles. The van der Waals surface area contributed by atoms with E-state index in [0.29, 0.717) is 6.04 Å². The summed E-state index contributed by atoms with van der Waals surface area (Å²) in [5.74, 6) is 0.844. The maximum Gasteiger partial charge on any atom is 0.0208 e. The van der Waals surface area contributed by atoms with Gasteiger partial charge in [0.1, 0.15) is 0 Å². The van der Waals surface area contributed by atoms with Gasteiger partial charge >= 0.3 is 0 Å². The van der Waals surface area contributed by atoms with E-state index < -0.39 is 0 Å². The summed E-state index contributed by atoms with van der Waals surface area (Å²) in [4.78, 5) is 0. The Bertz CT molecular complexity index is 543. The summed E-state index contributed by atoms with van der Waals surface area (Å²) in [6.07, 6.45) is 3.84. The monoisotopic (exact) mass is 265 g/mol. The summed E-state index contributed by atoms with van der Waals surface area (Å²) in [5, 5.41) is 3.63. The second-order valence-electron chi connectivity index (χ2n) is 5.99. The molecule has 1 heteroatoms. The van der Waals surface area contributed by atoms with Gasteiger partial charge in [-0.05, 0) is 48.8 Å². The SMILES string of the molecule is CC(Cc1ccccc1)NCc1cccc(C2CC2)c1. The van der Waals surface area contributed by atoms with Gasteiger partial charge in [-0.25, -0.2) is 0 Å². The zero-order chi connectivity index (χ0) is 13.8. The van der Waals surface area contributed by atoms with Crippen LogP contribution in [0.5, 0.6) is 0 Å². The van der Waals surface area contributed by atoms with Crippen LogP contribution in [0.1, 0.15) is 42.4 Å². The van der Waals surface area contributed by atoms with Gasteiger partial charge in [-0.2, -0.15) is 0 Å². The second-order valence-corrected chi connectivity index (χ2v) is 5.99. The number of rotatable bonds is 6. The van der Waals surface area contributed by atoms with Crippen LogP contribution in [0, 0.1) is 0 Å². The van der Waals surface area contributed by atoms with Crippen LogP contribution in [0.4, 0.5) is 0 Å². The van der Waals surface area contributed by atoms with Gasteiger partial charge in [0.25, 0.3) is 0 Å². The topological polar surface area (TPSA) is 12.0 Å². The molecule has 1 fully saturated rings. The van der Waals surface area contributed by atoms with E-state index in [0.717, 1.165) is 18.9 Å². The number of benzene rings is 2. The zero-order valence-electron chi connectivity index (χ0n) is 12.2. The zero-order valence-corrected chi connectivity index (χ0v) is 12.2. The minimum atomic E-state index is 0.502. The van der Waals surface area contributed by atoms with Crippen LogP contribution in [-0.4, -0.2) is 6.04 Å². The van der Waals surface area contributed by atoms with E-state index in [4.69, 9.17) is 0 Å². The molecule has 20 heavy (non-hydrogen) atoms. The lowest BCUT2D eigenvalue weighted by Gasteiger charge is -2.14. The fourth-order valence-electron chi connectivity index (χ4n) is 2.71. The van der Waals surface area contributed by atoms with Crippen molar-refractivity contribution in [3.8, 4) is 0 Å². The molecule has 1 nitrogen and oxygen atoms in total. The molecule has 2 aromatic rings. The van der Waals surface area contributed by atoms with Crippen molar-refractivity contribution in [2.75, 3.05) is 0 Å². The van der Waals surface area contributed by atoms with Gasteiger partial charge in [0.05, 0.1) is 0 Å². The first kappa shape index (κ1) is 13.4. The van der Waals surface area contributed by atoms with Gasteiger partial charge in [0.2, 0.25) is 0 Å². The Morgan fingerprint density at radius 1 is 1.00 bits per heavy atom. The Morgan fingerprint density at radius 2 is 1.75 bits per heavy atom. The molecule has 1 atom stereocenters. The minimum Gasteiger partial charge on any atom is -0.310 e. The van der Waals surface area contributed by atoms with Crippen LogP contribution in [0.3, 0.4) is 0 Å². The second kappa shape index (κ2) is 6.23. The van der Waals surface area contributed by atoms with E-state index >= 15 is 0 Å². The van der Waals surface area contributed by atoms with Crippen molar-refractivity contribution < 1.29 is 0 Å². The first-order chi connectivity index (χ1) is 9.81. The van der Waals surface area contributed by atoms with Crippen molar-refractivity contribution >= 4 is 0 Å². The molecule has 104 valence electrons. The predicted octanol–water partition coefficient (Wildman–Crippen LogP) is 4.28. The van der Waals surface area contributed by atoms with E-state index in [1.54, 1.807) is 0 Å². The Labute approximate surface area is 122 Å². The molecule has 1 N–H and O–H groups in total. The highest BCUT2D eigenvalue weighted by Crippen LogP contribution is 2.40. The third-order valence-electron chi connectivity index (χ3n) is 4.04. The number of nitrogens with one attached hydrogen (secondary N) is 1. The molecule has 0 aliphatic heterocycles. The lowest BCUT2D eigenvalue weighted by Crippen LogP contribution is -2.27. The summed E-state index contributed by atoms with van der Waals surface area (Å²) in [7, 11) is 0. The molecular weight excluding hydrogens is 242 g/mol. The lowest BCUT2D eigenvalue weighted by atomic mass is 10.1. The summed E-state index contributed by atoms with van der Waals surface area (Å²) >= 11 is 0. The third-order valence-corrected chi connectivity index (χ3v) is 4.04. The smallest absolute Gasteiger partial charge is 0.0208 e. The van der Waals surface area contributed by atoms with E-state index in [-0.39, 0.29) is 0 Å². The van der Waals surface area contributed by atoms with Gasteiger partial charge in [0.15, 0.2) is 0 Å². The van der Waals surface area contributed by atoms with Gasteiger partial charge in [-0.15, -0.1) is 0 Å². The highest BCUT2D eigenvalue weighted by molar-refractivity contribution is 5.29. The van der Waals surface area contributed by atoms with E-state index in [9.17, 15) is 0 Å². The van der Waals surface area contributed by atoms with Crippen LogP contribution in [0.2, 0.25) is 0 Å². The van der Waals surface area contributed by atoms with Crippen LogP contribution in [0.15, 0.2) is 54.6 Å². The molecule has 0 saturated heterocycles. The summed E-state index contributed by atoms with van der Waals surface area (Å²) in [6, 6.07) is 20.3. The quantitative estimate of drug-likeness (QED) is 0.822. The Kier molecular flexibility index (Phi) is 4.17. The Morgan fingerprint density at radius 3 is 2.50 bits per heavy atom. The van der Waals surface area contributed by atoms with Crippen molar-refractivity contribution in [2.24, 2.45) is 0 Å². The maximum atomic E-state index is 3.63. The first-order valence-electron chi connectivity index (χ1n) is 7.67. The highest BCUT2D eigenvalue weighted by Gasteiger charge is 2.23. The summed E-state index contributed by atoms with van der Waals surface area (Å²) in [5.41, 5.74) is 4.34. The molecule has 1 unspecified atom stereocenters. The average Bonchev–Trinajstić information content (AvgIpc) is 3.31. The Balaban J connectivity index is 1.52. The highest BCUT2D eigenvalue weighted by atomic mass is 14.9. The molecule has 0 amide bonds. The molecule has 0 bridgehead atoms. The van der Waals surface area contributed by atoms with Gasteiger partial charge in [-0.1, -0.05) is 54.6 Å². The number of hydrogen-bond donors (Lipinski definition) is 1. The predicted molar refractivity (Wildman–Crippen MR) is 84.9 cm³/mol. The molecule has 1 aliphatic carbocycles. The van der Waals surface area contributed by atoms with Crippen LogP contribution >= 0.6 is 0 Å². The third kappa shape index (κ3) is 3.71. The van der Waals surface area contributed by atoms with E-state index in [2.05, 4.69) is 66.8 Å². The largest absolute Gasteiger partial charge is 0.310 e. The molecule has 0 heterocycles. The summed E-state index contributed by atoms with van der Waals surface area (Å²) in [6.45, 7) is 3.23. The molecule has 0 aromatic heterocycles. The van der Waals surface area contributed by atoms with Crippen molar-refractivity contribution in [1.82, 2.24) is 5.32 Å². The molecule has 0 spiro atoms. The van der Waals surface area contributed by atoms with Crippen molar-refractivity contribution in [1.29, 1.82) is 0 Å². The maximum absolute atomic E-state index is 3.63. The van der Waals surface area contributed by atoms with Crippen LogP contribution in [-0.2, 0) is 13.0 Å². The average molecular weight is 265 g/mol. The fourth-order valence-corrected chi connectivity index (χ4v) is 2.71. The van der Waals surface area contributed by atoms with Gasteiger partial charge < -0.3 is 5.32 Å². The molecule has 2 aromatic carbocycles. The van der Waals surface area contributed by atoms with Crippen molar-refractivity contribution in [2.45, 2.75) is 44.7 Å². The molecule has 0 radical (unpaired) electrons. The molecule has 3 rings (SSSR count). The minimum absolute atomic E-state index is 0.502. The molecular formula is C19H23N. The first-order valence-corrected chi connectivity index (χ1v) is 7.67. The standard InChI is InChI=1S/C19H23N/c1-15(12-16-6-3-2-4-7-16)20-14-17-8-5-9-19(13-17)18-10-11-18/h2-9,13,15,18,20H,10-12,14H2,1H3. The normalized spacial score (nSPS) is 16.1. The fraction of sp³-hybridized carbons (Fsp3) is 0.368. The van der Waals surface area contributed by atoms with Crippen molar-refractivity contribution in [3.63, 3.8) is 0 Å². The van der Waals surface area contributed by atoms with E-state index in [1.807, 2.05) is 0 Å². The lowest BCUT2D eigenvalue weighted by molar-refractivity contribution is 0.545. The molecule has 1 aliphatic rings. The van der Waals surface area contributed by atoms with Crippen LogP contribution < -0.4 is 5.32 Å². The van der Waals surface area contributed by atoms with Gasteiger partial charge in [-0.3, -0.25) is 0 Å². The van der Waals surface area contributed by atoms with Crippen molar-refractivity contribution in [3.05, 3.63) is 71.3 Å². The summed E-state index contributed by atoms with van der Waals surface area (Å²) < 4.78 is 0. The van der Waals surface area contributed by atoms with E-state index in [1.165, 1.54) is 29.5 Å². The van der Waals surface area contributed by atoms with Crippen LogP contribution in [0.25, 0.3) is 0 Å². The Hall–Kier alpha value is -1.60.